The fraction of sp³-hybridized carbons (Fsp3) is 0.194. The number of hydrogen-bond acceptors (Lipinski definition) is 10. The van der Waals surface area contributed by atoms with Crippen LogP contribution < -0.4 is 29.1 Å². The molecule has 0 fully saturated rings. The zero-order valence-electron chi connectivity index (χ0n) is 26.6. The molecule has 48 heavy (non-hydrogen) atoms. The Morgan fingerprint density at radius 1 is 1.00 bits per heavy atom. The molecular weight excluding hydrogens is 634 g/mol. The minimum Gasteiger partial charge on any atom is -0.496 e. The number of non-ortho nitro benzene ring substituents is 1. The lowest BCUT2D eigenvalue weighted by atomic mass is 9.90. The highest BCUT2D eigenvalue weighted by atomic mass is 32.1. The summed E-state index contributed by atoms with van der Waals surface area (Å²) in [6, 6.07) is 22.1. The Kier molecular flexibility index (Phi) is 9.08. The molecule has 11 nitrogen and oxygen atoms in total. The van der Waals surface area contributed by atoms with E-state index in [0.717, 1.165) is 16.3 Å². The van der Waals surface area contributed by atoms with Gasteiger partial charge in [-0.05, 0) is 72.2 Å². The van der Waals surface area contributed by atoms with E-state index >= 15 is 0 Å². The van der Waals surface area contributed by atoms with Crippen molar-refractivity contribution in [1.82, 2.24) is 4.57 Å². The van der Waals surface area contributed by atoms with Gasteiger partial charge in [-0.3, -0.25) is 19.5 Å². The molecule has 0 bridgehead atoms. The average Bonchev–Trinajstić information content (AvgIpc) is 3.40. The topological polar surface area (TPSA) is 131 Å². The molecule has 0 unspecified atom stereocenters. The van der Waals surface area contributed by atoms with E-state index in [4.69, 9.17) is 23.9 Å². The largest absolute Gasteiger partial charge is 0.496 e. The number of rotatable bonds is 10. The number of methoxy groups -OCH3 is 2. The third-order valence-corrected chi connectivity index (χ3v) is 8.95. The number of esters is 1. The Morgan fingerprint density at radius 3 is 2.44 bits per heavy atom. The number of carbonyl (C=O) groups excluding carboxylic acids is 1. The first-order valence-electron chi connectivity index (χ1n) is 15.0. The number of nitro benzene ring substituents is 1. The third-order valence-electron chi connectivity index (χ3n) is 7.97. The molecular formula is C36H31N3O8S. The number of nitro groups is 1. The zero-order chi connectivity index (χ0) is 33.9. The lowest BCUT2D eigenvalue weighted by Gasteiger charge is -2.27. The van der Waals surface area contributed by atoms with Gasteiger partial charge in [0.05, 0.1) is 41.6 Å². The Morgan fingerprint density at radius 2 is 1.73 bits per heavy atom. The van der Waals surface area contributed by atoms with Crippen LogP contribution >= 0.6 is 11.3 Å². The van der Waals surface area contributed by atoms with Crippen LogP contribution in [-0.4, -0.2) is 36.3 Å². The molecule has 6 rings (SSSR count). The van der Waals surface area contributed by atoms with Gasteiger partial charge in [0.15, 0.2) is 16.3 Å². The molecule has 244 valence electrons. The number of hydrogen-bond donors (Lipinski definition) is 0. The van der Waals surface area contributed by atoms with Crippen LogP contribution in [0.1, 0.15) is 36.6 Å². The molecule has 0 saturated heterocycles. The monoisotopic (exact) mass is 665 g/mol. The molecule has 1 atom stereocenters. The van der Waals surface area contributed by atoms with Crippen molar-refractivity contribution in [3.63, 3.8) is 0 Å². The van der Waals surface area contributed by atoms with Crippen LogP contribution in [0.3, 0.4) is 0 Å². The Bertz CT molecular complexity index is 2270. The molecule has 0 radical (unpaired) electrons. The SMILES string of the molecule is CCOC(=O)C1=C(C)N=c2s/c(=C/c3ccc(OCc4ccc([N+](=O)[O-])cc4)c(OC)c3)c(=O)n2[C@@H]1c1c(OC)ccc2ccccc12. The Balaban J connectivity index is 1.43. The van der Waals surface area contributed by atoms with Gasteiger partial charge in [0.2, 0.25) is 0 Å². The summed E-state index contributed by atoms with van der Waals surface area (Å²) in [7, 11) is 3.08. The average molecular weight is 666 g/mol. The Hall–Kier alpha value is -5.75. The molecule has 0 amide bonds. The first-order chi connectivity index (χ1) is 23.2. The lowest BCUT2D eigenvalue weighted by Crippen LogP contribution is -2.40. The summed E-state index contributed by atoms with van der Waals surface area (Å²) in [5.41, 5.74) is 2.49. The quantitative estimate of drug-likeness (QED) is 0.109. The van der Waals surface area contributed by atoms with Crippen LogP contribution in [0.5, 0.6) is 17.2 Å². The molecule has 1 aromatic heterocycles. The van der Waals surface area contributed by atoms with Crippen molar-refractivity contribution >= 4 is 39.8 Å². The van der Waals surface area contributed by atoms with E-state index in [1.54, 1.807) is 61.9 Å². The number of nitrogens with zero attached hydrogens (tertiary/aromatic N) is 3. The number of thiazole rings is 1. The summed E-state index contributed by atoms with van der Waals surface area (Å²) in [5, 5.41) is 12.7. The van der Waals surface area contributed by atoms with Crippen molar-refractivity contribution in [3.8, 4) is 17.2 Å². The molecule has 5 aromatic rings. The molecule has 2 heterocycles. The van der Waals surface area contributed by atoms with Gasteiger partial charge in [0.25, 0.3) is 11.2 Å². The van der Waals surface area contributed by atoms with Gasteiger partial charge in [-0.2, -0.15) is 0 Å². The van der Waals surface area contributed by atoms with Crippen molar-refractivity contribution in [2.45, 2.75) is 26.5 Å². The normalized spacial score (nSPS) is 14.3. The van der Waals surface area contributed by atoms with Crippen LogP contribution in [0, 0.1) is 10.1 Å². The van der Waals surface area contributed by atoms with E-state index in [2.05, 4.69) is 0 Å². The number of benzene rings is 4. The van der Waals surface area contributed by atoms with Gasteiger partial charge in [-0.1, -0.05) is 47.7 Å². The van der Waals surface area contributed by atoms with Crippen LogP contribution in [0.4, 0.5) is 5.69 Å². The first kappa shape index (κ1) is 32.2. The molecule has 0 aliphatic carbocycles. The molecule has 0 N–H and O–H groups in total. The maximum Gasteiger partial charge on any atom is 0.338 e. The second-order valence-electron chi connectivity index (χ2n) is 10.8. The maximum atomic E-state index is 14.3. The first-order valence-corrected chi connectivity index (χ1v) is 15.8. The molecule has 0 saturated carbocycles. The second kappa shape index (κ2) is 13.5. The summed E-state index contributed by atoms with van der Waals surface area (Å²) < 4.78 is 24.8. The number of allylic oxidation sites excluding steroid dienone is 1. The summed E-state index contributed by atoms with van der Waals surface area (Å²) in [4.78, 5) is 43.4. The van der Waals surface area contributed by atoms with E-state index in [1.165, 1.54) is 30.6 Å². The van der Waals surface area contributed by atoms with Crippen molar-refractivity contribution in [1.29, 1.82) is 0 Å². The predicted octanol–water partition coefficient (Wildman–Crippen LogP) is 5.46. The summed E-state index contributed by atoms with van der Waals surface area (Å²) in [5.74, 6) is 0.880. The smallest absolute Gasteiger partial charge is 0.338 e. The second-order valence-corrected chi connectivity index (χ2v) is 11.8. The van der Waals surface area contributed by atoms with E-state index in [9.17, 15) is 19.7 Å². The van der Waals surface area contributed by atoms with Gasteiger partial charge in [-0.25, -0.2) is 9.79 Å². The highest BCUT2D eigenvalue weighted by Crippen LogP contribution is 2.40. The van der Waals surface area contributed by atoms with Gasteiger partial charge < -0.3 is 18.9 Å². The van der Waals surface area contributed by atoms with Crippen molar-refractivity contribution in [2.75, 3.05) is 20.8 Å². The van der Waals surface area contributed by atoms with Crippen LogP contribution in [0.25, 0.3) is 16.8 Å². The third kappa shape index (κ3) is 6.05. The maximum absolute atomic E-state index is 14.3. The van der Waals surface area contributed by atoms with Gasteiger partial charge in [0, 0.05) is 17.7 Å². The van der Waals surface area contributed by atoms with Crippen molar-refractivity contribution < 1.29 is 28.7 Å². The van der Waals surface area contributed by atoms with Crippen LogP contribution in [-0.2, 0) is 16.1 Å². The lowest BCUT2D eigenvalue weighted by molar-refractivity contribution is -0.384. The van der Waals surface area contributed by atoms with E-state index in [1.807, 2.05) is 36.4 Å². The Labute approximate surface area is 278 Å². The molecule has 1 aliphatic rings. The predicted molar refractivity (Wildman–Crippen MR) is 181 cm³/mol. The minimum atomic E-state index is -0.853. The molecule has 1 aliphatic heterocycles. The zero-order valence-corrected chi connectivity index (χ0v) is 27.4. The number of carbonyl (C=O) groups is 1. The van der Waals surface area contributed by atoms with Crippen LogP contribution in [0.15, 0.2) is 99.9 Å². The number of ether oxygens (including phenoxy) is 4. The van der Waals surface area contributed by atoms with Gasteiger partial charge >= 0.3 is 5.97 Å². The number of fused-ring (bicyclic) bond motifs is 2. The van der Waals surface area contributed by atoms with Gasteiger partial charge in [0.1, 0.15) is 18.4 Å². The van der Waals surface area contributed by atoms with Crippen molar-refractivity contribution in [3.05, 3.63) is 137 Å². The molecule has 12 heteroatoms. The van der Waals surface area contributed by atoms with E-state index in [0.29, 0.717) is 43.4 Å². The van der Waals surface area contributed by atoms with Crippen LogP contribution in [0.2, 0.25) is 0 Å². The molecule has 4 aromatic carbocycles. The summed E-state index contributed by atoms with van der Waals surface area (Å²) in [6.45, 7) is 3.81. The summed E-state index contributed by atoms with van der Waals surface area (Å²) >= 11 is 1.21. The molecule has 0 spiro atoms. The van der Waals surface area contributed by atoms with E-state index < -0.39 is 16.9 Å². The fourth-order valence-electron chi connectivity index (χ4n) is 5.72. The fourth-order valence-corrected chi connectivity index (χ4v) is 6.77. The highest BCUT2D eigenvalue weighted by molar-refractivity contribution is 7.07. The van der Waals surface area contributed by atoms with Gasteiger partial charge in [-0.15, -0.1) is 0 Å². The highest BCUT2D eigenvalue weighted by Gasteiger charge is 2.36. The van der Waals surface area contributed by atoms with E-state index in [-0.39, 0.29) is 30.0 Å². The standard InChI is InChI=1S/C36H31N3O8S/c1-5-46-35(41)31-21(2)37-36-38(33(31)32-26-9-7-6-8-24(26)13-17-28(32)44-3)34(40)30(48-36)19-23-12-16-27(29(18-23)45-4)47-20-22-10-14-25(15-11-22)39(42)43/h6-19,33H,5,20H2,1-4H3/b30-19+/t33-/m0/s1. The number of aromatic nitrogens is 1. The van der Waals surface area contributed by atoms with Crippen molar-refractivity contribution in [2.24, 2.45) is 4.99 Å². The summed E-state index contributed by atoms with van der Waals surface area (Å²) in [6.07, 6.45) is 1.74. The minimum absolute atomic E-state index is 0.000758.